The standard InChI is InChI=1S/C15H27NS2/c1-6-13-8-9-14(18-13)10-12(16-7-2)11-17-15(3,4)5/h8-9,12,16H,6-7,10-11H2,1-5H3. The van der Waals surface area contributed by atoms with Crippen molar-refractivity contribution in [3.63, 3.8) is 0 Å². The van der Waals surface area contributed by atoms with Gasteiger partial charge in [0.2, 0.25) is 0 Å². The third-order valence-electron chi connectivity index (χ3n) is 2.72. The number of aryl methyl sites for hydroxylation is 1. The van der Waals surface area contributed by atoms with Crippen LogP contribution in [0.4, 0.5) is 0 Å². The van der Waals surface area contributed by atoms with Crippen LogP contribution in [-0.2, 0) is 12.8 Å². The van der Waals surface area contributed by atoms with E-state index >= 15 is 0 Å². The molecule has 1 unspecified atom stereocenters. The topological polar surface area (TPSA) is 12.0 Å². The van der Waals surface area contributed by atoms with Crippen molar-refractivity contribution in [1.82, 2.24) is 5.32 Å². The number of thioether (sulfide) groups is 1. The summed E-state index contributed by atoms with van der Waals surface area (Å²) in [5, 5.41) is 3.62. The van der Waals surface area contributed by atoms with Crippen molar-refractivity contribution in [2.24, 2.45) is 0 Å². The van der Waals surface area contributed by atoms with Gasteiger partial charge in [-0.25, -0.2) is 0 Å². The lowest BCUT2D eigenvalue weighted by atomic mass is 10.2. The number of thiophene rings is 1. The van der Waals surface area contributed by atoms with Crippen LogP contribution in [0.25, 0.3) is 0 Å². The lowest BCUT2D eigenvalue weighted by Crippen LogP contribution is -2.34. The van der Waals surface area contributed by atoms with Crippen LogP contribution in [0.3, 0.4) is 0 Å². The van der Waals surface area contributed by atoms with Crippen molar-refractivity contribution in [2.75, 3.05) is 12.3 Å². The molecule has 0 amide bonds. The maximum absolute atomic E-state index is 3.62. The van der Waals surface area contributed by atoms with Crippen LogP contribution >= 0.6 is 23.1 Å². The van der Waals surface area contributed by atoms with Gasteiger partial charge in [-0.15, -0.1) is 11.3 Å². The molecule has 3 heteroatoms. The fourth-order valence-electron chi connectivity index (χ4n) is 1.79. The van der Waals surface area contributed by atoms with E-state index in [1.54, 1.807) is 0 Å². The van der Waals surface area contributed by atoms with E-state index in [9.17, 15) is 0 Å². The molecule has 0 fully saturated rings. The second-order valence-electron chi connectivity index (χ2n) is 5.60. The molecule has 104 valence electrons. The zero-order chi connectivity index (χ0) is 13.6. The highest BCUT2D eigenvalue weighted by molar-refractivity contribution is 8.00. The molecule has 1 nitrogen and oxygen atoms in total. The van der Waals surface area contributed by atoms with E-state index in [0.29, 0.717) is 10.8 Å². The van der Waals surface area contributed by atoms with Gasteiger partial charge in [0.1, 0.15) is 0 Å². The van der Waals surface area contributed by atoms with E-state index in [0.717, 1.165) is 13.0 Å². The number of hydrogen-bond acceptors (Lipinski definition) is 3. The molecule has 1 N–H and O–H groups in total. The monoisotopic (exact) mass is 285 g/mol. The number of likely N-dealkylation sites (N-methyl/N-ethyl adjacent to an activating group) is 1. The summed E-state index contributed by atoms with van der Waals surface area (Å²) in [6.45, 7) is 12.4. The molecule has 0 saturated heterocycles. The molecule has 1 aromatic rings. The summed E-state index contributed by atoms with van der Waals surface area (Å²) in [6.07, 6.45) is 2.33. The Morgan fingerprint density at radius 3 is 2.39 bits per heavy atom. The van der Waals surface area contributed by atoms with Gasteiger partial charge in [0, 0.05) is 26.3 Å². The first-order valence-electron chi connectivity index (χ1n) is 6.89. The minimum atomic E-state index is 0.359. The minimum absolute atomic E-state index is 0.359. The van der Waals surface area contributed by atoms with Gasteiger partial charge in [0.05, 0.1) is 0 Å². The van der Waals surface area contributed by atoms with Gasteiger partial charge < -0.3 is 5.32 Å². The molecule has 1 rings (SSSR count). The third-order valence-corrected chi connectivity index (χ3v) is 5.41. The zero-order valence-electron chi connectivity index (χ0n) is 12.4. The molecule has 0 aliphatic carbocycles. The Hall–Kier alpha value is 0.01000. The van der Waals surface area contributed by atoms with Crippen molar-refractivity contribution < 1.29 is 0 Å². The molecular weight excluding hydrogens is 258 g/mol. The lowest BCUT2D eigenvalue weighted by molar-refractivity contribution is 0.574. The summed E-state index contributed by atoms with van der Waals surface area (Å²) in [5.74, 6) is 1.19. The van der Waals surface area contributed by atoms with E-state index in [1.165, 1.54) is 21.9 Å². The molecule has 0 aliphatic rings. The third kappa shape index (κ3) is 6.26. The summed E-state index contributed by atoms with van der Waals surface area (Å²) in [5.41, 5.74) is 0. The van der Waals surface area contributed by atoms with Crippen LogP contribution in [0, 0.1) is 0 Å². The van der Waals surface area contributed by atoms with E-state index < -0.39 is 0 Å². The summed E-state index contributed by atoms with van der Waals surface area (Å²) in [6, 6.07) is 5.18. The first-order chi connectivity index (χ1) is 8.44. The van der Waals surface area contributed by atoms with Gasteiger partial charge in [-0.05, 0) is 31.5 Å². The highest BCUT2D eigenvalue weighted by Crippen LogP contribution is 2.25. The summed E-state index contributed by atoms with van der Waals surface area (Å²) in [7, 11) is 0. The van der Waals surface area contributed by atoms with E-state index in [2.05, 4.69) is 63.8 Å². The van der Waals surface area contributed by atoms with Crippen LogP contribution in [0.2, 0.25) is 0 Å². The van der Waals surface area contributed by atoms with Crippen LogP contribution < -0.4 is 5.32 Å². The van der Waals surface area contributed by atoms with Gasteiger partial charge in [-0.2, -0.15) is 11.8 Å². The summed E-state index contributed by atoms with van der Waals surface area (Å²) < 4.78 is 0.359. The average Bonchev–Trinajstić information content (AvgIpc) is 2.73. The van der Waals surface area contributed by atoms with Crippen molar-refractivity contribution in [1.29, 1.82) is 0 Å². The molecule has 0 aliphatic heterocycles. The minimum Gasteiger partial charge on any atom is -0.313 e. The molecular formula is C15H27NS2. The Morgan fingerprint density at radius 2 is 1.89 bits per heavy atom. The van der Waals surface area contributed by atoms with Gasteiger partial charge in [0.25, 0.3) is 0 Å². The van der Waals surface area contributed by atoms with Crippen molar-refractivity contribution >= 4 is 23.1 Å². The van der Waals surface area contributed by atoms with E-state index in [4.69, 9.17) is 0 Å². The number of hydrogen-bond donors (Lipinski definition) is 1. The van der Waals surface area contributed by atoms with Gasteiger partial charge >= 0.3 is 0 Å². The largest absolute Gasteiger partial charge is 0.313 e. The lowest BCUT2D eigenvalue weighted by Gasteiger charge is -2.23. The van der Waals surface area contributed by atoms with E-state index in [1.807, 2.05) is 11.3 Å². The van der Waals surface area contributed by atoms with Gasteiger partial charge in [-0.3, -0.25) is 0 Å². The van der Waals surface area contributed by atoms with Crippen molar-refractivity contribution in [3.05, 3.63) is 21.9 Å². The molecule has 1 heterocycles. The Labute approximate surface area is 121 Å². The molecule has 0 saturated carbocycles. The quantitative estimate of drug-likeness (QED) is 0.798. The van der Waals surface area contributed by atoms with Crippen LogP contribution in [-0.4, -0.2) is 23.1 Å². The van der Waals surface area contributed by atoms with Gasteiger partial charge in [0.15, 0.2) is 0 Å². The highest BCUT2D eigenvalue weighted by atomic mass is 32.2. The Kier molecular flexibility index (Phi) is 6.75. The van der Waals surface area contributed by atoms with E-state index in [-0.39, 0.29) is 0 Å². The van der Waals surface area contributed by atoms with Crippen LogP contribution in [0.1, 0.15) is 44.4 Å². The number of rotatable bonds is 7. The fraction of sp³-hybridized carbons (Fsp3) is 0.733. The normalized spacial score (nSPS) is 13.8. The Morgan fingerprint density at radius 1 is 1.22 bits per heavy atom. The average molecular weight is 286 g/mol. The maximum Gasteiger partial charge on any atom is 0.0206 e. The molecule has 0 radical (unpaired) electrons. The number of nitrogens with one attached hydrogen (secondary N) is 1. The molecule has 0 bridgehead atoms. The molecule has 0 spiro atoms. The molecule has 1 atom stereocenters. The Balaban J connectivity index is 2.51. The molecule has 1 aromatic heterocycles. The SMILES string of the molecule is CCNC(CSC(C)(C)C)Cc1ccc(CC)s1. The predicted octanol–water partition coefficient (Wildman–Crippen LogP) is 4.36. The second-order valence-corrected chi connectivity index (χ2v) is 8.70. The maximum atomic E-state index is 3.62. The van der Waals surface area contributed by atoms with Gasteiger partial charge in [-0.1, -0.05) is 34.6 Å². The summed E-state index contributed by atoms with van der Waals surface area (Å²) in [4.78, 5) is 3.02. The summed E-state index contributed by atoms with van der Waals surface area (Å²) >= 11 is 4.03. The Bertz CT molecular complexity index is 339. The molecule has 18 heavy (non-hydrogen) atoms. The van der Waals surface area contributed by atoms with Crippen LogP contribution in [0.15, 0.2) is 12.1 Å². The highest BCUT2D eigenvalue weighted by Gasteiger charge is 2.16. The molecule has 0 aromatic carbocycles. The first kappa shape index (κ1) is 16.1. The smallest absolute Gasteiger partial charge is 0.0206 e. The van der Waals surface area contributed by atoms with Crippen molar-refractivity contribution in [3.8, 4) is 0 Å². The van der Waals surface area contributed by atoms with Crippen molar-refractivity contribution in [2.45, 2.75) is 58.2 Å². The second kappa shape index (κ2) is 7.56. The fourth-order valence-corrected chi connectivity index (χ4v) is 3.77. The zero-order valence-corrected chi connectivity index (χ0v) is 14.0. The van der Waals surface area contributed by atoms with Crippen LogP contribution in [0.5, 0.6) is 0 Å². The first-order valence-corrected chi connectivity index (χ1v) is 8.69. The predicted molar refractivity (Wildman–Crippen MR) is 87.1 cm³/mol.